The fourth-order valence-corrected chi connectivity index (χ4v) is 5.99. The van der Waals surface area contributed by atoms with Gasteiger partial charge >= 0.3 is 0 Å². The van der Waals surface area contributed by atoms with Gasteiger partial charge in [0.15, 0.2) is 0 Å². The Bertz CT molecular complexity index is 1050. The van der Waals surface area contributed by atoms with E-state index in [2.05, 4.69) is 9.71 Å². The van der Waals surface area contributed by atoms with Gasteiger partial charge in [0.25, 0.3) is 5.91 Å². The van der Waals surface area contributed by atoms with Gasteiger partial charge in [-0.05, 0) is 55.5 Å². The second-order valence-electron chi connectivity index (χ2n) is 8.65. The van der Waals surface area contributed by atoms with Crippen LogP contribution in [0.2, 0.25) is 0 Å². The van der Waals surface area contributed by atoms with Gasteiger partial charge in [-0.2, -0.15) is 0 Å². The number of hydrogen-bond acceptors (Lipinski definition) is 6. The van der Waals surface area contributed by atoms with Gasteiger partial charge in [0.1, 0.15) is 10.6 Å². The van der Waals surface area contributed by atoms with Crippen LogP contribution in [0.4, 0.5) is 0 Å². The van der Waals surface area contributed by atoms with E-state index in [1.165, 1.54) is 13.2 Å². The fraction of sp³-hybridized carbons (Fsp3) is 0.500. The van der Waals surface area contributed by atoms with Gasteiger partial charge < -0.3 is 14.4 Å². The Balaban J connectivity index is 1.61. The maximum atomic E-state index is 13.6. The highest BCUT2D eigenvalue weighted by Gasteiger charge is 2.29. The standard InChI is InChI=1S/C24H31N3O5S/c1-31-22-11-10-19(14-23(22)33(29,30)26-20-7-2-3-8-20)24(28)27(17-21-9-5-13-32-21)16-18-6-4-12-25-15-18/h4,6,10-12,14-15,20-21,26H,2-3,5,7-9,13,16-17H2,1H3. The summed E-state index contributed by atoms with van der Waals surface area (Å²) in [4.78, 5) is 19.4. The molecule has 178 valence electrons. The van der Waals surface area contributed by atoms with Crippen molar-refractivity contribution in [3.8, 4) is 5.75 Å². The van der Waals surface area contributed by atoms with Crippen molar-refractivity contribution in [2.75, 3.05) is 20.3 Å². The Hall–Kier alpha value is -2.49. The minimum atomic E-state index is -3.83. The largest absolute Gasteiger partial charge is 0.495 e. The number of amides is 1. The summed E-state index contributed by atoms with van der Waals surface area (Å²) in [5.41, 5.74) is 1.19. The lowest BCUT2D eigenvalue weighted by Gasteiger charge is -2.26. The number of methoxy groups -OCH3 is 1. The van der Waals surface area contributed by atoms with Gasteiger partial charge in [-0.25, -0.2) is 13.1 Å². The van der Waals surface area contributed by atoms with Crippen LogP contribution in [0.5, 0.6) is 5.75 Å². The quantitative estimate of drug-likeness (QED) is 0.601. The van der Waals surface area contributed by atoms with Crippen LogP contribution in [0.3, 0.4) is 0 Å². The molecule has 2 aromatic rings. The summed E-state index contributed by atoms with van der Waals surface area (Å²) in [7, 11) is -2.40. The van der Waals surface area contributed by atoms with Crippen molar-refractivity contribution in [2.24, 2.45) is 0 Å². The summed E-state index contributed by atoms with van der Waals surface area (Å²) in [5, 5.41) is 0. The van der Waals surface area contributed by atoms with Crippen molar-refractivity contribution >= 4 is 15.9 Å². The van der Waals surface area contributed by atoms with Crippen LogP contribution in [-0.4, -0.2) is 56.6 Å². The minimum absolute atomic E-state index is 0.0128. The fourth-order valence-electron chi connectivity index (χ4n) is 4.49. The molecule has 1 saturated heterocycles. The smallest absolute Gasteiger partial charge is 0.254 e. The van der Waals surface area contributed by atoms with E-state index in [1.807, 2.05) is 12.1 Å². The first-order valence-corrected chi connectivity index (χ1v) is 12.9. The van der Waals surface area contributed by atoms with E-state index >= 15 is 0 Å². The predicted octanol–water partition coefficient (Wildman–Crippen LogP) is 3.13. The molecule has 2 heterocycles. The maximum Gasteiger partial charge on any atom is 0.254 e. The number of nitrogens with zero attached hydrogens (tertiary/aromatic N) is 2. The van der Waals surface area contributed by atoms with E-state index in [9.17, 15) is 13.2 Å². The van der Waals surface area contributed by atoms with Gasteiger partial charge in [0.05, 0.1) is 13.2 Å². The van der Waals surface area contributed by atoms with Crippen LogP contribution in [0.1, 0.15) is 54.4 Å². The van der Waals surface area contributed by atoms with Crippen molar-refractivity contribution in [2.45, 2.75) is 62.1 Å². The summed E-state index contributed by atoms with van der Waals surface area (Å²) in [6.45, 7) is 1.49. The number of hydrogen-bond donors (Lipinski definition) is 1. The average Bonchev–Trinajstić information content (AvgIpc) is 3.52. The van der Waals surface area contributed by atoms with Crippen LogP contribution in [-0.2, 0) is 21.3 Å². The van der Waals surface area contributed by atoms with Crippen LogP contribution < -0.4 is 9.46 Å². The predicted molar refractivity (Wildman–Crippen MR) is 124 cm³/mol. The minimum Gasteiger partial charge on any atom is -0.495 e. The molecule has 1 aliphatic carbocycles. The first-order valence-electron chi connectivity index (χ1n) is 11.5. The average molecular weight is 474 g/mol. The number of sulfonamides is 1. The van der Waals surface area contributed by atoms with Crippen molar-refractivity contribution in [3.63, 3.8) is 0 Å². The molecular weight excluding hydrogens is 442 g/mol. The van der Waals surface area contributed by atoms with E-state index in [4.69, 9.17) is 9.47 Å². The van der Waals surface area contributed by atoms with Gasteiger partial charge in [0.2, 0.25) is 10.0 Å². The molecule has 8 nitrogen and oxygen atoms in total. The molecule has 1 saturated carbocycles. The summed E-state index contributed by atoms with van der Waals surface area (Å²) in [6, 6.07) is 8.24. The van der Waals surface area contributed by atoms with Gasteiger partial charge in [-0.1, -0.05) is 18.9 Å². The van der Waals surface area contributed by atoms with Crippen molar-refractivity contribution in [1.82, 2.24) is 14.6 Å². The molecule has 1 unspecified atom stereocenters. The van der Waals surface area contributed by atoms with Crippen molar-refractivity contribution in [1.29, 1.82) is 0 Å². The summed E-state index contributed by atoms with van der Waals surface area (Å²) >= 11 is 0. The molecule has 0 bridgehead atoms. The highest BCUT2D eigenvalue weighted by molar-refractivity contribution is 7.89. The lowest BCUT2D eigenvalue weighted by molar-refractivity contribution is 0.0507. The topological polar surface area (TPSA) is 97.8 Å². The molecule has 1 aliphatic heterocycles. The van der Waals surface area contributed by atoms with E-state index in [-0.39, 0.29) is 28.7 Å². The van der Waals surface area contributed by atoms with Gasteiger partial charge in [-0.3, -0.25) is 9.78 Å². The van der Waals surface area contributed by atoms with Crippen molar-refractivity contribution < 1.29 is 22.7 Å². The molecule has 1 amide bonds. The zero-order valence-corrected chi connectivity index (χ0v) is 19.7. The second kappa shape index (κ2) is 10.6. The Morgan fingerprint density at radius 3 is 2.70 bits per heavy atom. The summed E-state index contributed by atoms with van der Waals surface area (Å²) < 4.78 is 40.1. The molecule has 33 heavy (non-hydrogen) atoms. The SMILES string of the molecule is COc1ccc(C(=O)N(Cc2cccnc2)CC2CCCO2)cc1S(=O)(=O)NC1CCCC1. The van der Waals surface area contributed by atoms with Crippen molar-refractivity contribution in [3.05, 3.63) is 53.9 Å². The van der Waals surface area contributed by atoms with Gasteiger partial charge in [-0.15, -0.1) is 0 Å². The number of pyridine rings is 1. The summed E-state index contributed by atoms with van der Waals surface area (Å²) in [5.74, 6) is -0.0377. The maximum absolute atomic E-state index is 13.6. The zero-order valence-electron chi connectivity index (χ0n) is 18.9. The number of rotatable bonds is 9. The number of aromatic nitrogens is 1. The highest BCUT2D eigenvalue weighted by atomic mass is 32.2. The van der Waals surface area contributed by atoms with Gasteiger partial charge in [0, 0.05) is 43.7 Å². The molecule has 1 aromatic carbocycles. The molecule has 2 aliphatic rings. The van der Waals surface area contributed by atoms with Crippen LogP contribution in [0.25, 0.3) is 0 Å². The Kier molecular flexibility index (Phi) is 7.62. The van der Waals surface area contributed by atoms with E-state index in [0.29, 0.717) is 25.3 Å². The summed E-state index contributed by atoms with van der Waals surface area (Å²) in [6.07, 6.45) is 8.91. The monoisotopic (exact) mass is 473 g/mol. The van der Waals surface area contributed by atoms with E-state index < -0.39 is 10.0 Å². The number of carbonyl (C=O) groups excluding carboxylic acids is 1. The number of carbonyl (C=O) groups is 1. The Labute approximate surface area is 195 Å². The number of benzene rings is 1. The first-order chi connectivity index (χ1) is 16.0. The first kappa shape index (κ1) is 23.7. The third-order valence-electron chi connectivity index (χ3n) is 6.21. The zero-order chi connectivity index (χ0) is 23.3. The van der Waals surface area contributed by atoms with E-state index in [1.54, 1.807) is 29.4 Å². The number of nitrogens with one attached hydrogen (secondary N) is 1. The van der Waals surface area contributed by atoms with E-state index in [0.717, 1.165) is 44.1 Å². The number of ether oxygens (including phenoxy) is 2. The molecule has 1 atom stereocenters. The van der Waals surface area contributed by atoms with Crippen LogP contribution in [0, 0.1) is 0 Å². The van der Waals surface area contributed by atoms with Crippen LogP contribution in [0.15, 0.2) is 47.6 Å². The molecule has 0 radical (unpaired) electrons. The lowest BCUT2D eigenvalue weighted by Crippen LogP contribution is -2.37. The third kappa shape index (κ3) is 5.90. The normalized spacial score (nSPS) is 19.0. The molecule has 2 fully saturated rings. The molecule has 4 rings (SSSR count). The second-order valence-corrected chi connectivity index (χ2v) is 10.3. The Morgan fingerprint density at radius 2 is 2.03 bits per heavy atom. The lowest BCUT2D eigenvalue weighted by atomic mass is 10.1. The third-order valence-corrected chi connectivity index (χ3v) is 7.75. The Morgan fingerprint density at radius 1 is 1.21 bits per heavy atom. The molecule has 9 heteroatoms. The van der Waals surface area contributed by atoms with Crippen LogP contribution >= 0.6 is 0 Å². The molecule has 0 spiro atoms. The molecular formula is C24H31N3O5S. The molecule has 1 aromatic heterocycles. The molecule has 1 N–H and O–H groups in total. The highest BCUT2D eigenvalue weighted by Crippen LogP contribution is 2.28.